The Morgan fingerprint density at radius 3 is 2.75 bits per heavy atom. The Morgan fingerprint density at radius 2 is 2.00 bits per heavy atom. The van der Waals surface area contributed by atoms with Gasteiger partial charge in [-0.15, -0.1) is 0 Å². The van der Waals surface area contributed by atoms with Crippen LogP contribution in [0.25, 0.3) is 33.1 Å². The number of carbonyl (C=O) groups is 1. The van der Waals surface area contributed by atoms with Crippen LogP contribution in [-0.4, -0.2) is 34.3 Å². The summed E-state index contributed by atoms with van der Waals surface area (Å²) >= 11 is 6.22. The lowest BCUT2D eigenvalue weighted by molar-refractivity contribution is -0.119. The molecule has 0 saturated carbocycles. The summed E-state index contributed by atoms with van der Waals surface area (Å²) in [6.45, 7) is 0.352. The van der Waals surface area contributed by atoms with Crippen molar-refractivity contribution in [3.8, 4) is 17.0 Å². The third kappa shape index (κ3) is 4.31. The maximum Gasteiger partial charge on any atom is 0.275 e. The first kappa shape index (κ1) is 21.1. The fourth-order valence-corrected chi connectivity index (χ4v) is 4.30. The van der Waals surface area contributed by atoms with Gasteiger partial charge in [0.2, 0.25) is 5.91 Å². The molecule has 0 aliphatic rings. The van der Waals surface area contributed by atoms with E-state index in [0.29, 0.717) is 49.8 Å². The van der Waals surface area contributed by atoms with Crippen LogP contribution in [0.2, 0.25) is 5.02 Å². The highest BCUT2D eigenvalue weighted by atomic mass is 35.5. The first-order valence-electron chi connectivity index (χ1n) is 12.1. The molecule has 2 aromatic heterocycles. The topological polar surface area (TPSA) is 90.5 Å². The molecule has 1 amide bonds. The second-order valence-corrected chi connectivity index (χ2v) is 8.51. The Morgan fingerprint density at radius 1 is 1.17 bits per heavy atom. The fourth-order valence-electron chi connectivity index (χ4n) is 4.11. The summed E-state index contributed by atoms with van der Waals surface area (Å²) in [6.07, 6.45) is 0. The first-order chi connectivity index (χ1) is 18.0. The average Bonchev–Trinajstić information content (AvgIpc) is 3.24. The van der Waals surface area contributed by atoms with Gasteiger partial charge in [0.25, 0.3) is 5.56 Å². The van der Waals surface area contributed by atoms with Crippen LogP contribution < -0.4 is 15.2 Å². The van der Waals surface area contributed by atoms with Crippen molar-refractivity contribution in [1.82, 2.24) is 14.8 Å². The number of methoxy groups -OCH3 is 1. The van der Waals surface area contributed by atoms with E-state index >= 15 is 0 Å². The van der Waals surface area contributed by atoms with E-state index in [0.717, 1.165) is 9.58 Å². The maximum atomic E-state index is 13.6. The molecule has 9 heteroatoms. The van der Waals surface area contributed by atoms with Gasteiger partial charge in [0.1, 0.15) is 17.8 Å². The Labute approximate surface area is 214 Å². The molecule has 5 aromatic rings. The van der Waals surface area contributed by atoms with Crippen molar-refractivity contribution in [2.75, 3.05) is 18.5 Å². The van der Waals surface area contributed by atoms with Gasteiger partial charge in [0, 0.05) is 43.9 Å². The molecule has 0 saturated heterocycles. The first-order valence-corrected chi connectivity index (χ1v) is 11.5. The van der Waals surface area contributed by atoms with Crippen LogP contribution in [0, 0.1) is 6.92 Å². The highest BCUT2D eigenvalue weighted by Crippen LogP contribution is 2.29. The molecule has 182 valence electrons. The van der Waals surface area contributed by atoms with E-state index in [1.165, 1.54) is 14.0 Å². The lowest BCUT2D eigenvalue weighted by Crippen LogP contribution is -2.37. The van der Waals surface area contributed by atoms with Crippen molar-refractivity contribution >= 4 is 45.1 Å². The van der Waals surface area contributed by atoms with Crippen LogP contribution in [0.1, 0.15) is 15.6 Å². The van der Waals surface area contributed by atoms with E-state index in [9.17, 15) is 9.59 Å². The Hall–Kier alpha value is -4.17. The van der Waals surface area contributed by atoms with Gasteiger partial charge in [-0.25, -0.2) is 9.67 Å². The Bertz CT molecular complexity index is 1760. The molecule has 0 bridgehead atoms. The molecule has 0 N–H and O–H groups in total. The molecule has 0 atom stereocenters. The fraction of sp³-hybridized carbons (Fsp3) is 0.185. The van der Waals surface area contributed by atoms with Gasteiger partial charge in [-0.1, -0.05) is 23.7 Å². The zero-order valence-electron chi connectivity index (χ0n) is 21.8. The maximum absolute atomic E-state index is 13.6. The van der Waals surface area contributed by atoms with Crippen molar-refractivity contribution in [2.45, 2.75) is 20.4 Å². The van der Waals surface area contributed by atoms with Crippen molar-refractivity contribution < 1.29 is 16.7 Å². The smallest absolute Gasteiger partial charge is 0.275 e. The lowest BCUT2D eigenvalue weighted by Gasteiger charge is -2.21. The SMILES string of the molecule is [2H]C([2H])(C)N(C(=O)Cn1nc(-c2cccc(Cl)c2)c2ccc(OC)cc2c1=O)c1ccc2nc(C)oc2c1. The van der Waals surface area contributed by atoms with Crippen LogP contribution in [0.3, 0.4) is 0 Å². The number of halogens is 1. The number of hydrogen-bond donors (Lipinski definition) is 0. The monoisotopic (exact) mass is 504 g/mol. The van der Waals surface area contributed by atoms with Crippen LogP contribution in [0.5, 0.6) is 5.75 Å². The van der Waals surface area contributed by atoms with E-state index in [1.807, 2.05) is 0 Å². The molecular weight excluding hydrogens is 480 g/mol. The highest BCUT2D eigenvalue weighted by Gasteiger charge is 2.20. The predicted octanol–water partition coefficient (Wildman–Crippen LogP) is 5.23. The molecule has 0 spiro atoms. The zero-order valence-corrected chi connectivity index (χ0v) is 20.5. The number of aryl methyl sites for hydroxylation is 1. The summed E-state index contributed by atoms with van der Waals surface area (Å²) in [6, 6.07) is 16.8. The normalized spacial score (nSPS) is 12.4. The molecule has 0 fully saturated rings. The molecule has 0 radical (unpaired) electrons. The van der Waals surface area contributed by atoms with Gasteiger partial charge < -0.3 is 14.1 Å². The molecule has 8 nitrogen and oxygen atoms in total. The van der Waals surface area contributed by atoms with Gasteiger partial charge >= 0.3 is 0 Å². The molecule has 0 aliphatic carbocycles. The zero-order chi connectivity index (χ0) is 27.2. The largest absolute Gasteiger partial charge is 0.497 e. The van der Waals surface area contributed by atoms with Gasteiger partial charge in [-0.05, 0) is 49.4 Å². The van der Waals surface area contributed by atoms with Gasteiger partial charge in [-0.3, -0.25) is 9.59 Å². The number of rotatable bonds is 6. The molecule has 0 unspecified atom stereocenters. The van der Waals surface area contributed by atoms with Crippen LogP contribution in [0.15, 0.2) is 69.9 Å². The van der Waals surface area contributed by atoms with E-state index in [4.69, 9.17) is 23.5 Å². The number of likely N-dealkylation sites (N-methyl/N-ethyl adjacent to an activating group) is 1. The summed E-state index contributed by atoms with van der Waals surface area (Å²) in [7, 11) is 1.50. The number of carbonyl (C=O) groups excluding carboxylic acids is 1. The quantitative estimate of drug-likeness (QED) is 0.314. The molecule has 2 heterocycles. The van der Waals surface area contributed by atoms with Gasteiger partial charge in [-0.2, -0.15) is 5.10 Å². The number of nitrogens with zero attached hydrogens (tertiary/aromatic N) is 4. The number of benzene rings is 3. The third-order valence-corrected chi connectivity index (χ3v) is 6.00. The number of anilines is 1. The van der Waals surface area contributed by atoms with Gasteiger partial charge in [0.15, 0.2) is 11.5 Å². The number of aromatic nitrogens is 3. The van der Waals surface area contributed by atoms with E-state index in [1.54, 1.807) is 67.6 Å². The minimum Gasteiger partial charge on any atom is -0.497 e. The number of fused-ring (bicyclic) bond motifs is 2. The molecule has 0 aliphatic heterocycles. The Balaban J connectivity index is 1.63. The second-order valence-electron chi connectivity index (χ2n) is 8.07. The predicted molar refractivity (Wildman–Crippen MR) is 140 cm³/mol. The van der Waals surface area contributed by atoms with Crippen molar-refractivity contribution in [2.24, 2.45) is 0 Å². The molecule has 5 rings (SSSR count). The summed E-state index contributed by atoms with van der Waals surface area (Å²) in [5.74, 6) is 0.241. The summed E-state index contributed by atoms with van der Waals surface area (Å²) in [5, 5.41) is 5.88. The molecular formula is C27H23ClN4O4. The van der Waals surface area contributed by atoms with Crippen molar-refractivity contribution in [3.63, 3.8) is 0 Å². The van der Waals surface area contributed by atoms with Crippen molar-refractivity contribution in [3.05, 3.63) is 81.9 Å². The number of amides is 1. The van der Waals surface area contributed by atoms with E-state index in [-0.39, 0.29) is 5.69 Å². The van der Waals surface area contributed by atoms with E-state index in [2.05, 4.69) is 10.1 Å². The van der Waals surface area contributed by atoms with Crippen molar-refractivity contribution in [1.29, 1.82) is 0 Å². The second kappa shape index (κ2) is 9.47. The average molecular weight is 505 g/mol. The third-order valence-electron chi connectivity index (χ3n) is 5.76. The lowest BCUT2D eigenvalue weighted by atomic mass is 10.0. The number of ether oxygens (including phenoxy) is 1. The summed E-state index contributed by atoms with van der Waals surface area (Å²) in [4.78, 5) is 32.3. The Kier molecular flexibility index (Phi) is 5.56. The number of hydrogen-bond acceptors (Lipinski definition) is 6. The van der Waals surface area contributed by atoms with Crippen LogP contribution >= 0.6 is 11.6 Å². The minimum absolute atomic E-state index is 0.261. The highest BCUT2D eigenvalue weighted by molar-refractivity contribution is 6.30. The molecule has 36 heavy (non-hydrogen) atoms. The van der Waals surface area contributed by atoms with Gasteiger partial charge in [0.05, 0.1) is 18.2 Å². The van der Waals surface area contributed by atoms with Crippen LogP contribution in [-0.2, 0) is 11.3 Å². The summed E-state index contributed by atoms with van der Waals surface area (Å²) in [5.41, 5.74) is 1.85. The minimum atomic E-state index is -2.10. The summed E-state index contributed by atoms with van der Waals surface area (Å²) < 4.78 is 28.6. The number of oxazole rings is 1. The van der Waals surface area contributed by atoms with Crippen LogP contribution in [0.4, 0.5) is 5.69 Å². The van der Waals surface area contributed by atoms with E-state index < -0.39 is 24.5 Å². The molecule has 3 aromatic carbocycles. The standard InChI is InChI=1S/C27H23ClN4O4/c1-4-31(19-8-11-23-24(13-19)36-16(2)29-23)25(33)15-32-27(34)22-14-20(35-3)9-10-21(22)26(30-32)17-6-5-7-18(28)12-17/h5-14H,4,15H2,1-3H3/i4D2.